The predicted molar refractivity (Wildman–Crippen MR) is 92.1 cm³/mol. The van der Waals surface area contributed by atoms with E-state index in [0.29, 0.717) is 0 Å². The molecule has 0 spiro atoms. The average Bonchev–Trinajstić information content (AvgIpc) is 2.32. The molecule has 0 aliphatic rings. The van der Waals surface area contributed by atoms with Crippen molar-refractivity contribution in [3.8, 4) is 0 Å². The fourth-order valence-electron chi connectivity index (χ4n) is 2.17. The van der Waals surface area contributed by atoms with Crippen molar-refractivity contribution in [2.24, 2.45) is 0 Å². The molecular weight excluding hydrogens is 312 g/mol. The van der Waals surface area contributed by atoms with Crippen molar-refractivity contribution >= 4 is 15.9 Å². The molecule has 2 nitrogen and oxygen atoms in total. The summed E-state index contributed by atoms with van der Waals surface area (Å²) in [5.74, 6) is 0. The van der Waals surface area contributed by atoms with E-state index in [1.165, 1.54) is 31.4 Å². The molecule has 0 radical (unpaired) electrons. The fraction of sp³-hybridized carbons (Fsp3) is 0.647. The Morgan fingerprint density at radius 1 is 1.15 bits per heavy atom. The molecule has 1 N–H and O–H groups in total. The molecule has 1 aromatic carbocycles. The first-order valence-corrected chi connectivity index (χ1v) is 8.34. The molecule has 0 saturated carbocycles. The second kappa shape index (κ2) is 8.81. The smallest absolute Gasteiger partial charge is 0.0231 e. The third-order valence-electron chi connectivity index (χ3n) is 3.21. The third-order valence-corrected chi connectivity index (χ3v) is 3.71. The van der Waals surface area contributed by atoms with Crippen LogP contribution in [0.1, 0.15) is 45.6 Å². The molecule has 0 atom stereocenters. The molecule has 0 fully saturated rings. The summed E-state index contributed by atoms with van der Waals surface area (Å²) in [5, 5.41) is 3.54. The SMILES string of the molecule is CN(CCCCCNC(C)(C)C)Cc1cccc(Br)c1. The van der Waals surface area contributed by atoms with Gasteiger partial charge in [0.05, 0.1) is 0 Å². The summed E-state index contributed by atoms with van der Waals surface area (Å²) in [6, 6.07) is 8.56. The Labute approximate surface area is 133 Å². The number of hydrogen-bond donors (Lipinski definition) is 1. The second-order valence-electron chi connectivity index (χ2n) is 6.61. The number of benzene rings is 1. The molecule has 1 rings (SSSR count). The van der Waals surface area contributed by atoms with E-state index in [4.69, 9.17) is 0 Å². The standard InChI is InChI=1S/C17H29BrN2/c1-17(2,3)19-11-6-5-7-12-20(4)14-15-9-8-10-16(18)13-15/h8-10,13,19H,5-7,11-12,14H2,1-4H3. The Morgan fingerprint density at radius 2 is 1.90 bits per heavy atom. The van der Waals surface area contributed by atoms with E-state index in [1.807, 2.05) is 0 Å². The van der Waals surface area contributed by atoms with Crippen LogP contribution in [0.2, 0.25) is 0 Å². The Kier molecular flexibility index (Phi) is 7.78. The van der Waals surface area contributed by atoms with Gasteiger partial charge in [0.25, 0.3) is 0 Å². The third kappa shape index (κ3) is 8.72. The van der Waals surface area contributed by atoms with Crippen LogP contribution in [0.25, 0.3) is 0 Å². The highest BCUT2D eigenvalue weighted by Crippen LogP contribution is 2.13. The van der Waals surface area contributed by atoms with Crippen LogP contribution < -0.4 is 5.32 Å². The summed E-state index contributed by atoms with van der Waals surface area (Å²) >= 11 is 3.52. The van der Waals surface area contributed by atoms with Gasteiger partial charge in [0.1, 0.15) is 0 Å². The number of nitrogens with one attached hydrogen (secondary N) is 1. The molecule has 0 amide bonds. The lowest BCUT2D eigenvalue weighted by Gasteiger charge is -2.20. The molecule has 114 valence electrons. The van der Waals surface area contributed by atoms with Crippen molar-refractivity contribution < 1.29 is 0 Å². The maximum Gasteiger partial charge on any atom is 0.0231 e. The number of rotatable bonds is 8. The molecule has 0 aliphatic heterocycles. The zero-order valence-electron chi connectivity index (χ0n) is 13.4. The molecular formula is C17H29BrN2. The zero-order valence-corrected chi connectivity index (χ0v) is 15.0. The number of hydrogen-bond acceptors (Lipinski definition) is 2. The lowest BCUT2D eigenvalue weighted by atomic mass is 10.1. The van der Waals surface area contributed by atoms with Crippen molar-refractivity contribution in [3.05, 3.63) is 34.3 Å². The van der Waals surface area contributed by atoms with Gasteiger partial charge < -0.3 is 10.2 Å². The molecule has 0 saturated heterocycles. The molecule has 0 unspecified atom stereocenters. The Balaban J connectivity index is 2.10. The summed E-state index contributed by atoms with van der Waals surface area (Å²) in [4.78, 5) is 2.40. The quantitative estimate of drug-likeness (QED) is 0.703. The van der Waals surface area contributed by atoms with Gasteiger partial charge in [-0.05, 0) is 71.4 Å². The molecule has 0 bridgehead atoms. The number of unbranched alkanes of at least 4 members (excludes halogenated alkanes) is 2. The normalized spacial score (nSPS) is 12.1. The first-order chi connectivity index (χ1) is 9.37. The summed E-state index contributed by atoms with van der Waals surface area (Å²) in [5.41, 5.74) is 1.62. The van der Waals surface area contributed by atoms with Crippen molar-refractivity contribution in [1.29, 1.82) is 0 Å². The minimum absolute atomic E-state index is 0.248. The summed E-state index contributed by atoms with van der Waals surface area (Å²) < 4.78 is 1.16. The van der Waals surface area contributed by atoms with E-state index >= 15 is 0 Å². The highest BCUT2D eigenvalue weighted by Gasteiger charge is 2.07. The van der Waals surface area contributed by atoms with E-state index in [9.17, 15) is 0 Å². The predicted octanol–water partition coefficient (Wildman–Crippen LogP) is 4.44. The Bertz CT molecular complexity index is 385. The van der Waals surface area contributed by atoms with E-state index in [1.54, 1.807) is 0 Å². The van der Waals surface area contributed by atoms with Gasteiger partial charge in [0.2, 0.25) is 0 Å². The minimum atomic E-state index is 0.248. The van der Waals surface area contributed by atoms with Gasteiger partial charge in [-0.25, -0.2) is 0 Å². The maximum absolute atomic E-state index is 3.54. The van der Waals surface area contributed by atoms with Crippen LogP contribution in [-0.4, -0.2) is 30.6 Å². The first-order valence-electron chi connectivity index (χ1n) is 7.55. The lowest BCUT2D eigenvalue weighted by Crippen LogP contribution is -2.36. The first kappa shape index (κ1) is 17.7. The molecule has 20 heavy (non-hydrogen) atoms. The largest absolute Gasteiger partial charge is 0.312 e. The Hall–Kier alpha value is -0.380. The van der Waals surface area contributed by atoms with E-state index in [2.05, 4.69) is 78.2 Å². The lowest BCUT2D eigenvalue weighted by molar-refractivity contribution is 0.315. The number of nitrogens with zero attached hydrogens (tertiary/aromatic N) is 1. The van der Waals surface area contributed by atoms with Crippen LogP contribution in [0.3, 0.4) is 0 Å². The van der Waals surface area contributed by atoms with Crippen molar-refractivity contribution in [2.45, 2.75) is 52.1 Å². The van der Waals surface area contributed by atoms with Crippen molar-refractivity contribution in [2.75, 3.05) is 20.1 Å². The van der Waals surface area contributed by atoms with Crippen LogP contribution in [0.5, 0.6) is 0 Å². The monoisotopic (exact) mass is 340 g/mol. The van der Waals surface area contributed by atoms with Gasteiger partial charge in [-0.1, -0.05) is 34.5 Å². The van der Waals surface area contributed by atoms with E-state index < -0.39 is 0 Å². The van der Waals surface area contributed by atoms with Crippen LogP contribution in [0.15, 0.2) is 28.7 Å². The van der Waals surface area contributed by atoms with Gasteiger partial charge >= 0.3 is 0 Å². The average molecular weight is 341 g/mol. The molecule has 0 aliphatic carbocycles. The molecule has 0 aromatic heterocycles. The maximum atomic E-state index is 3.54. The Morgan fingerprint density at radius 3 is 2.55 bits per heavy atom. The van der Waals surface area contributed by atoms with Gasteiger partial charge in [-0.3, -0.25) is 0 Å². The topological polar surface area (TPSA) is 15.3 Å². The highest BCUT2D eigenvalue weighted by molar-refractivity contribution is 9.10. The highest BCUT2D eigenvalue weighted by atomic mass is 79.9. The fourth-order valence-corrected chi connectivity index (χ4v) is 2.62. The van der Waals surface area contributed by atoms with E-state index in [0.717, 1.165) is 17.6 Å². The van der Waals surface area contributed by atoms with Crippen LogP contribution in [0.4, 0.5) is 0 Å². The molecule has 3 heteroatoms. The molecule has 1 aromatic rings. The van der Waals surface area contributed by atoms with Gasteiger partial charge in [0.15, 0.2) is 0 Å². The van der Waals surface area contributed by atoms with E-state index in [-0.39, 0.29) is 5.54 Å². The van der Waals surface area contributed by atoms with Gasteiger partial charge in [-0.2, -0.15) is 0 Å². The van der Waals surface area contributed by atoms with Crippen LogP contribution >= 0.6 is 15.9 Å². The number of halogens is 1. The molecule has 0 heterocycles. The second-order valence-corrected chi connectivity index (χ2v) is 7.52. The van der Waals surface area contributed by atoms with Gasteiger partial charge in [-0.15, -0.1) is 0 Å². The zero-order chi connectivity index (χ0) is 15.0. The summed E-state index contributed by atoms with van der Waals surface area (Å²) in [6.07, 6.45) is 3.84. The summed E-state index contributed by atoms with van der Waals surface area (Å²) in [7, 11) is 2.20. The summed E-state index contributed by atoms with van der Waals surface area (Å²) in [6.45, 7) is 9.98. The van der Waals surface area contributed by atoms with Crippen LogP contribution in [-0.2, 0) is 6.54 Å². The van der Waals surface area contributed by atoms with Crippen LogP contribution in [0, 0.1) is 0 Å². The van der Waals surface area contributed by atoms with Crippen molar-refractivity contribution in [1.82, 2.24) is 10.2 Å². The minimum Gasteiger partial charge on any atom is -0.312 e. The van der Waals surface area contributed by atoms with Gasteiger partial charge in [0, 0.05) is 16.6 Å². The van der Waals surface area contributed by atoms with Crippen molar-refractivity contribution in [3.63, 3.8) is 0 Å².